The number of anilines is 1. The van der Waals surface area contributed by atoms with Crippen LogP contribution in [-0.4, -0.2) is 33.4 Å². The summed E-state index contributed by atoms with van der Waals surface area (Å²) in [6.45, 7) is 3.55. The Hall–Kier alpha value is -2.73. The number of ether oxygens (including phenoxy) is 3. The summed E-state index contributed by atoms with van der Waals surface area (Å²) in [7, 11) is 3.21. The average molecular weight is 358 g/mol. The van der Waals surface area contributed by atoms with Gasteiger partial charge in [0.2, 0.25) is 0 Å². The highest BCUT2D eigenvalue weighted by Gasteiger charge is 2.07. The molecule has 2 rings (SSSR count). The van der Waals surface area contributed by atoms with Gasteiger partial charge < -0.3 is 24.8 Å². The molecule has 140 valence electrons. The van der Waals surface area contributed by atoms with Gasteiger partial charge in [-0.1, -0.05) is 24.3 Å². The number of hydrogen-bond acceptors (Lipinski definition) is 4. The molecule has 0 saturated heterocycles. The third kappa shape index (κ3) is 5.67. The third-order valence-corrected chi connectivity index (χ3v) is 3.87. The monoisotopic (exact) mass is 358 g/mol. The number of benzene rings is 2. The molecule has 6 heteroatoms. The topological polar surface area (TPSA) is 68.8 Å². The Morgan fingerprint density at radius 2 is 1.81 bits per heavy atom. The van der Waals surface area contributed by atoms with Gasteiger partial charge in [0.15, 0.2) is 11.5 Å². The number of amides is 2. The summed E-state index contributed by atoms with van der Waals surface area (Å²) in [6, 6.07) is 13.1. The number of urea groups is 1. The predicted octanol–water partition coefficient (Wildman–Crippen LogP) is 3.60. The van der Waals surface area contributed by atoms with E-state index in [-0.39, 0.29) is 6.03 Å². The van der Waals surface area contributed by atoms with Crippen LogP contribution in [0.3, 0.4) is 0 Å². The van der Waals surface area contributed by atoms with Crippen molar-refractivity contribution in [3.63, 3.8) is 0 Å². The first-order valence-corrected chi connectivity index (χ1v) is 8.59. The van der Waals surface area contributed by atoms with Crippen LogP contribution in [0.4, 0.5) is 10.5 Å². The van der Waals surface area contributed by atoms with Gasteiger partial charge in [-0.25, -0.2) is 4.79 Å². The van der Waals surface area contributed by atoms with Crippen molar-refractivity contribution in [2.75, 3.05) is 32.7 Å². The molecule has 26 heavy (non-hydrogen) atoms. The lowest BCUT2D eigenvalue weighted by molar-refractivity contribution is 0.134. The van der Waals surface area contributed by atoms with Crippen molar-refractivity contribution in [3.05, 3.63) is 53.6 Å². The molecule has 0 bridgehead atoms. The zero-order chi connectivity index (χ0) is 18.8. The minimum atomic E-state index is -0.241. The zero-order valence-electron chi connectivity index (χ0n) is 15.5. The molecule has 0 spiro atoms. The van der Waals surface area contributed by atoms with E-state index < -0.39 is 0 Å². The predicted molar refractivity (Wildman–Crippen MR) is 102 cm³/mol. The lowest BCUT2D eigenvalue weighted by atomic mass is 10.1. The molecule has 2 amide bonds. The maximum Gasteiger partial charge on any atom is 0.319 e. The number of carbonyl (C=O) groups excluding carboxylic acids is 1. The van der Waals surface area contributed by atoms with Crippen LogP contribution in [0.5, 0.6) is 11.5 Å². The summed E-state index contributed by atoms with van der Waals surface area (Å²) >= 11 is 0. The second kappa shape index (κ2) is 10.3. The highest BCUT2D eigenvalue weighted by atomic mass is 16.5. The van der Waals surface area contributed by atoms with Gasteiger partial charge in [0.25, 0.3) is 0 Å². The summed E-state index contributed by atoms with van der Waals surface area (Å²) in [5.74, 6) is 1.37. The highest BCUT2D eigenvalue weighted by molar-refractivity contribution is 5.90. The minimum Gasteiger partial charge on any atom is -0.493 e. The number of para-hydroxylation sites is 1. The standard InChI is InChI=1S/C20H26N2O4/c1-4-26-14-16-7-5-6-8-17(16)22-20(23)21-12-11-15-9-10-18(24-2)19(13-15)25-3/h5-10,13H,4,11-12,14H2,1-3H3,(H2,21,22,23). The van der Waals surface area contributed by atoms with E-state index >= 15 is 0 Å². The van der Waals surface area contributed by atoms with Crippen LogP contribution >= 0.6 is 0 Å². The van der Waals surface area contributed by atoms with Gasteiger partial charge in [-0.05, 0) is 37.1 Å². The van der Waals surface area contributed by atoms with Crippen molar-refractivity contribution >= 4 is 11.7 Å². The van der Waals surface area contributed by atoms with Crippen molar-refractivity contribution < 1.29 is 19.0 Å². The van der Waals surface area contributed by atoms with Crippen LogP contribution in [0.25, 0.3) is 0 Å². The summed E-state index contributed by atoms with van der Waals surface area (Å²) in [4.78, 5) is 12.1. The first kappa shape index (κ1) is 19.6. The van der Waals surface area contributed by atoms with Gasteiger partial charge in [0.05, 0.1) is 20.8 Å². The number of nitrogens with one attached hydrogen (secondary N) is 2. The molecule has 0 saturated carbocycles. The molecule has 0 fully saturated rings. The van der Waals surface area contributed by atoms with Gasteiger partial charge in [0.1, 0.15) is 0 Å². The normalized spacial score (nSPS) is 10.3. The molecular weight excluding hydrogens is 332 g/mol. The molecule has 0 atom stereocenters. The smallest absolute Gasteiger partial charge is 0.319 e. The number of methoxy groups -OCH3 is 2. The Balaban J connectivity index is 1.86. The first-order valence-electron chi connectivity index (χ1n) is 8.59. The van der Waals surface area contributed by atoms with Crippen LogP contribution in [0.1, 0.15) is 18.1 Å². The Bertz CT molecular complexity index is 719. The molecule has 0 aromatic heterocycles. The summed E-state index contributed by atoms with van der Waals surface area (Å²) in [5.41, 5.74) is 2.76. The zero-order valence-corrected chi connectivity index (χ0v) is 15.5. The van der Waals surface area contributed by atoms with Gasteiger partial charge in [-0.15, -0.1) is 0 Å². The molecule has 0 heterocycles. The average Bonchev–Trinajstić information content (AvgIpc) is 2.67. The van der Waals surface area contributed by atoms with Crippen molar-refractivity contribution in [1.29, 1.82) is 0 Å². The van der Waals surface area contributed by atoms with E-state index in [0.29, 0.717) is 37.7 Å². The Morgan fingerprint density at radius 3 is 2.54 bits per heavy atom. The van der Waals surface area contributed by atoms with Gasteiger partial charge in [-0.3, -0.25) is 0 Å². The van der Waals surface area contributed by atoms with Crippen LogP contribution in [0, 0.1) is 0 Å². The van der Waals surface area contributed by atoms with Gasteiger partial charge in [0, 0.05) is 24.4 Å². The first-order chi connectivity index (χ1) is 12.7. The highest BCUT2D eigenvalue weighted by Crippen LogP contribution is 2.27. The lowest BCUT2D eigenvalue weighted by Crippen LogP contribution is -2.30. The Kier molecular flexibility index (Phi) is 7.76. The second-order valence-corrected chi connectivity index (χ2v) is 5.61. The van der Waals surface area contributed by atoms with Crippen LogP contribution in [0.15, 0.2) is 42.5 Å². The van der Waals surface area contributed by atoms with E-state index in [2.05, 4.69) is 10.6 Å². The SMILES string of the molecule is CCOCc1ccccc1NC(=O)NCCc1ccc(OC)c(OC)c1. The number of rotatable bonds is 9. The van der Waals surface area contributed by atoms with Gasteiger partial charge >= 0.3 is 6.03 Å². The maximum absolute atomic E-state index is 12.1. The van der Waals surface area contributed by atoms with Crippen molar-refractivity contribution in [3.8, 4) is 11.5 Å². The fourth-order valence-corrected chi connectivity index (χ4v) is 2.50. The summed E-state index contributed by atoms with van der Waals surface area (Å²) in [5, 5.41) is 5.74. The fourth-order valence-electron chi connectivity index (χ4n) is 2.50. The maximum atomic E-state index is 12.1. The minimum absolute atomic E-state index is 0.241. The quantitative estimate of drug-likeness (QED) is 0.719. The number of carbonyl (C=O) groups is 1. The molecular formula is C20H26N2O4. The van der Waals surface area contributed by atoms with E-state index in [9.17, 15) is 4.79 Å². The van der Waals surface area contributed by atoms with Gasteiger partial charge in [-0.2, -0.15) is 0 Å². The summed E-state index contributed by atoms with van der Waals surface area (Å²) in [6.07, 6.45) is 0.689. The summed E-state index contributed by atoms with van der Waals surface area (Å²) < 4.78 is 15.9. The van der Waals surface area contributed by atoms with E-state index in [1.54, 1.807) is 14.2 Å². The van der Waals surface area contributed by atoms with Crippen LogP contribution < -0.4 is 20.1 Å². The molecule has 2 aromatic carbocycles. The Labute approximate surface area is 154 Å². The Morgan fingerprint density at radius 1 is 1.04 bits per heavy atom. The molecule has 0 unspecified atom stereocenters. The second-order valence-electron chi connectivity index (χ2n) is 5.61. The lowest BCUT2D eigenvalue weighted by Gasteiger charge is -2.12. The molecule has 2 N–H and O–H groups in total. The van der Waals surface area contributed by atoms with Crippen molar-refractivity contribution in [2.45, 2.75) is 20.0 Å². The van der Waals surface area contributed by atoms with Crippen molar-refractivity contribution in [1.82, 2.24) is 5.32 Å². The largest absolute Gasteiger partial charge is 0.493 e. The van der Waals surface area contributed by atoms with E-state index in [4.69, 9.17) is 14.2 Å². The molecule has 6 nitrogen and oxygen atoms in total. The molecule has 0 radical (unpaired) electrons. The fraction of sp³-hybridized carbons (Fsp3) is 0.350. The van der Waals surface area contributed by atoms with Crippen LogP contribution in [0.2, 0.25) is 0 Å². The number of hydrogen-bond donors (Lipinski definition) is 2. The molecule has 0 aliphatic carbocycles. The van der Waals surface area contributed by atoms with E-state index in [0.717, 1.165) is 16.8 Å². The molecule has 2 aromatic rings. The molecule has 0 aliphatic rings. The van der Waals surface area contributed by atoms with E-state index in [1.165, 1.54) is 0 Å². The van der Waals surface area contributed by atoms with Crippen molar-refractivity contribution in [2.24, 2.45) is 0 Å². The van der Waals surface area contributed by atoms with E-state index in [1.807, 2.05) is 49.4 Å². The van der Waals surface area contributed by atoms with Crippen LogP contribution in [-0.2, 0) is 17.8 Å². The third-order valence-electron chi connectivity index (χ3n) is 3.87. The molecule has 0 aliphatic heterocycles.